The van der Waals surface area contributed by atoms with E-state index in [1.54, 1.807) is 0 Å². The number of ether oxygens (including phenoxy) is 2. The molecule has 2 rings (SSSR count). The van der Waals surface area contributed by atoms with Gasteiger partial charge in [-0.3, -0.25) is 10.1 Å². The molecule has 0 radical (unpaired) electrons. The lowest BCUT2D eigenvalue weighted by Crippen LogP contribution is -2.12. The van der Waals surface area contributed by atoms with Crippen LogP contribution < -0.4 is 4.74 Å². The Bertz CT molecular complexity index is 821. The van der Waals surface area contributed by atoms with Gasteiger partial charge in [0.25, 0.3) is 0 Å². The van der Waals surface area contributed by atoms with Crippen LogP contribution in [0.1, 0.15) is 34.1 Å². The highest BCUT2D eigenvalue weighted by Gasteiger charge is 2.20. The van der Waals surface area contributed by atoms with Crippen LogP contribution in [0.4, 0.5) is 10.1 Å². The predicted octanol–water partition coefficient (Wildman–Crippen LogP) is 3.52. The first kappa shape index (κ1) is 18.1. The predicted molar refractivity (Wildman–Crippen MR) is 85.0 cm³/mol. The van der Waals surface area contributed by atoms with Crippen LogP contribution >= 0.6 is 0 Å². The highest BCUT2D eigenvalue weighted by atomic mass is 19.1. The van der Waals surface area contributed by atoms with Gasteiger partial charge in [-0.05, 0) is 30.7 Å². The fourth-order valence-electron chi connectivity index (χ4n) is 1.93. The third-order valence-electron chi connectivity index (χ3n) is 3.09. The molecule has 0 atom stereocenters. The number of esters is 2. The van der Waals surface area contributed by atoms with Gasteiger partial charge < -0.3 is 9.47 Å². The smallest absolute Gasteiger partial charge is 0.343 e. The van der Waals surface area contributed by atoms with Crippen molar-refractivity contribution >= 4 is 17.6 Å². The summed E-state index contributed by atoms with van der Waals surface area (Å²) in [4.78, 5) is 34.1. The Balaban J connectivity index is 2.23. The molecule has 25 heavy (non-hydrogen) atoms. The number of rotatable bonds is 6. The number of carbonyl (C=O) groups excluding carboxylic acids is 2. The quantitative estimate of drug-likeness (QED) is 0.343. The van der Waals surface area contributed by atoms with Gasteiger partial charge in [-0.2, -0.15) is 0 Å². The summed E-state index contributed by atoms with van der Waals surface area (Å²) in [6.45, 7) is 2.08. The minimum Gasteiger partial charge on any atom is -0.462 e. The summed E-state index contributed by atoms with van der Waals surface area (Å²) in [7, 11) is 0. The summed E-state index contributed by atoms with van der Waals surface area (Å²) >= 11 is 0. The molecule has 0 unspecified atom stereocenters. The fourth-order valence-corrected chi connectivity index (χ4v) is 1.93. The third kappa shape index (κ3) is 4.60. The molecule has 0 saturated heterocycles. The lowest BCUT2D eigenvalue weighted by molar-refractivity contribution is -0.385. The number of hydrogen-bond donors (Lipinski definition) is 0. The van der Waals surface area contributed by atoms with Crippen LogP contribution in [0.5, 0.6) is 5.75 Å². The van der Waals surface area contributed by atoms with Gasteiger partial charge in [-0.1, -0.05) is 13.0 Å². The first-order chi connectivity index (χ1) is 11.9. The molecule has 2 aromatic rings. The molecule has 0 aliphatic carbocycles. The van der Waals surface area contributed by atoms with E-state index in [9.17, 15) is 24.1 Å². The number of benzene rings is 2. The van der Waals surface area contributed by atoms with Gasteiger partial charge in [0.15, 0.2) is 0 Å². The molecule has 0 spiro atoms. The summed E-state index contributed by atoms with van der Waals surface area (Å²) < 4.78 is 23.2. The zero-order valence-electron chi connectivity index (χ0n) is 13.2. The Morgan fingerprint density at radius 1 is 1.12 bits per heavy atom. The number of carbonyl (C=O) groups is 2. The molecule has 0 aliphatic heterocycles. The van der Waals surface area contributed by atoms with Crippen molar-refractivity contribution in [1.29, 1.82) is 0 Å². The van der Waals surface area contributed by atoms with E-state index in [1.165, 1.54) is 24.3 Å². The van der Waals surface area contributed by atoms with Crippen molar-refractivity contribution in [1.82, 2.24) is 0 Å². The normalized spacial score (nSPS) is 10.2. The molecule has 0 N–H and O–H groups in total. The van der Waals surface area contributed by atoms with Crippen LogP contribution in [0.3, 0.4) is 0 Å². The molecule has 0 heterocycles. The molecular formula is C17H14FNO6. The Hall–Kier alpha value is -3.29. The van der Waals surface area contributed by atoms with Crippen LogP contribution in [-0.2, 0) is 4.74 Å². The monoisotopic (exact) mass is 347 g/mol. The Kier molecular flexibility index (Phi) is 5.78. The van der Waals surface area contributed by atoms with Crippen molar-refractivity contribution in [2.45, 2.75) is 13.3 Å². The van der Waals surface area contributed by atoms with Crippen LogP contribution in [0.15, 0.2) is 42.5 Å². The third-order valence-corrected chi connectivity index (χ3v) is 3.09. The minimum atomic E-state index is -0.959. The molecule has 7 nitrogen and oxygen atoms in total. The Morgan fingerprint density at radius 2 is 1.80 bits per heavy atom. The second kappa shape index (κ2) is 8.00. The van der Waals surface area contributed by atoms with Gasteiger partial charge in [0.2, 0.25) is 5.75 Å². The largest absolute Gasteiger partial charge is 0.462 e. The van der Waals surface area contributed by atoms with Crippen LogP contribution in [0.25, 0.3) is 0 Å². The van der Waals surface area contributed by atoms with Crippen molar-refractivity contribution in [3.8, 4) is 5.75 Å². The molecule has 2 aromatic carbocycles. The lowest BCUT2D eigenvalue weighted by atomic mass is 10.1. The van der Waals surface area contributed by atoms with Gasteiger partial charge >= 0.3 is 17.6 Å². The fraction of sp³-hybridized carbons (Fsp3) is 0.176. The van der Waals surface area contributed by atoms with Gasteiger partial charge in [0, 0.05) is 12.1 Å². The van der Waals surface area contributed by atoms with E-state index >= 15 is 0 Å². The van der Waals surface area contributed by atoms with Gasteiger partial charge in [-0.25, -0.2) is 14.0 Å². The Morgan fingerprint density at radius 3 is 2.44 bits per heavy atom. The maximum absolute atomic E-state index is 13.3. The molecule has 0 aliphatic rings. The number of nitro groups is 1. The average molecular weight is 347 g/mol. The van der Waals surface area contributed by atoms with Crippen molar-refractivity contribution in [2.75, 3.05) is 6.61 Å². The van der Waals surface area contributed by atoms with E-state index in [1.807, 2.05) is 6.92 Å². The molecule has 0 saturated carbocycles. The minimum absolute atomic E-state index is 0.0236. The second-order valence-corrected chi connectivity index (χ2v) is 4.98. The van der Waals surface area contributed by atoms with Crippen LogP contribution in [0, 0.1) is 15.9 Å². The SMILES string of the molecule is CCCOC(=O)c1cccc(C(=O)Oc2cc(F)ccc2[N+](=O)[O-])c1. The maximum Gasteiger partial charge on any atom is 0.343 e. The molecular weight excluding hydrogens is 333 g/mol. The molecule has 8 heteroatoms. The van der Waals surface area contributed by atoms with Crippen LogP contribution in [-0.4, -0.2) is 23.5 Å². The Labute approximate surface area is 142 Å². The van der Waals surface area contributed by atoms with Gasteiger partial charge in [0.1, 0.15) is 5.82 Å². The first-order valence-corrected chi connectivity index (χ1v) is 7.35. The molecule has 0 aromatic heterocycles. The average Bonchev–Trinajstić information content (AvgIpc) is 2.59. The summed E-state index contributed by atoms with van der Waals surface area (Å²) in [5.41, 5.74) is -0.436. The molecule has 0 amide bonds. The number of hydrogen-bond acceptors (Lipinski definition) is 6. The topological polar surface area (TPSA) is 95.7 Å². The van der Waals surface area contributed by atoms with E-state index in [2.05, 4.69) is 0 Å². The molecule has 130 valence electrons. The molecule has 0 fully saturated rings. The van der Waals surface area contributed by atoms with E-state index in [4.69, 9.17) is 9.47 Å². The number of nitro benzene ring substituents is 1. The van der Waals surface area contributed by atoms with Crippen molar-refractivity contribution in [3.05, 3.63) is 69.5 Å². The number of halogens is 1. The van der Waals surface area contributed by atoms with Crippen molar-refractivity contribution in [3.63, 3.8) is 0 Å². The van der Waals surface area contributed by atoms with E-state index in [0.717, 1.165) is 18.2 Å². The summed E-state index contributed by atoms with van der Waals surface area (Å²) in [6.07, 6.45) is 0.650. The standard InChI is InChI=1S/C17H14FNO6/c1-2-8-24-16(20)11-4-3-5-12(9-11)17(21)25-15-10-13(18)6-7-14(15)19(22)23/h3-7,9-10H,2,8H2,1H3. The van der Waals surface area contributed by atoms with E-state index in [0.29, 0.717) is 6.42 Å². The van der Waals surface area contributed by atoms with Crippen LogP contribution in [0.2, 0.25) is 0 Å². The highest BCUT2D eigenvalue weighted by Crippen LogP contribution is 2.28. The molecule has 0 bridgehead atoms. The zero-order chi connectivity index (χ0) is 18.4. The summed E-state index contributed by atoms with van der Waals surface area (Å²) in [5, 5.41) is 10.9. The summed E-state index contributed by atoms with van der Waals surface area (Å²) in [6, 6.07) is 8.04. The summed E-state index contributed by atoms with van der Waals surface area (Å²) in [5.74, 6) is -2.87. The van der Waals surface area contributed by atoms with Gasteiger partial charge in [0.05, 0.1) is 22.7 Å². The zero-order valence-corrected chi connectivity index (χ0v) is 13.2. The van der Waals surface area contributed by atoms with Crippen molar-refractivity contribution in [2.24, 2.45) is 0 Å². The van der Waals surface area contributed by atoms with Gasteiger partial charge in [-0.15, -0.1) is 0 Å². The second-order valence-electron chi connectivity index (χ2n) is 4.98. The lowest BCUT2D eigenvalue weighted by Gasteiger charge is -2.07. The van der Waals surface area contributed by atoms with E-state index in [-0.39, 0.29) is 17.7 Å². The maximum atomic E-state index is 13.3. The first-order valence-electron chi connectivity index (χ1n) is 7.35. The van der Waals surface area contributed by atoms with E-state index < -0.39 is 34.1 Å². The highest BCUT2D eigenvalue weighted by molar-refractivity contribution is 5.96. The van der Waals surface area contributed by atoms with Crippen molar-refractivity contribution < 1.29 is 28.4 Å². The number of nitrogens with zero attached hydrogens (tertiary/aromatic N) is 1.